The van der Waals surface area contributed by atoms with Crippen LogP contribution in [0.1, 0.15) is 37.4 Å². The number of piperidine rings is 1. The predicted octanol–water partition coefficient (Wildman–Crippen LogP) is 1.79. The number of aromatic nitrogens is 4. The summed E-state index contributed by atoms with van der Waals surface area (Å²) < 4.78 is 1.69. The first-order chi connectivity index (χ1) is 11.5. The molecule has 24 heavy (non-hydrogen) atoms. The van der Waals surface area contributed by atoms with E-state index in [1.165, 1.54) is 0 Å². The van der Waals surface area contributed by atoms with E-state index in [1.807, 2.05) is 11.8 Å². The number of rotatable bonds is 5. The topological polar surface area (TPSA) is 113 Å². The average Bonchev–Trinajstić information content (AvgIpc) is 3.21. The Balaban J connectivity index is 1.76. The highest BCUT2D eigenvalue weighted by Crippen LogP contribution is 2.36. The minimum atomic E-state index is -0.630. The fourth-order valence-electron chi connectivity index (χ4n) is 3.40. The van der Waals surface area contributed by atoms with Gasteiger partial charge in [-0.25, -0.2) is 9.67 Å². The molecule has 1 fully saturated rings. The van der Waals surface area contributed by atoms with E-state index in [9.17, 15) is 15.2 Å². The summed E-state index contributed by atoms with van der Waals surface area (Å²) in [6.45, 7) is 5.47. The van der Waals surface area contributed by atoms with Crippen LogP contribution in [-0.4, -0.2) is 42.9 Å². The quantitative estimate of drug-likeness (QED) is 0.636. The number of aryl methyl sites for hydroxylation is 2. The lowest BCUT2D eigenvalue weighted by Crippen LogP contribution is -2.37. The molecule has 2 N–H and O–H groups in total. The number of H-pyrrole nitrogens is 1. The van der Waals surface area contributed by atoms with Gasteiger partial charge < -0.3 is 15.0 Å². The van der Waals surface area contributed by atoms with Crippen LogP contribution in [0.5, 0.6) is 0 Å². The number of anilines is 1. The molecular weight excluding hydrogens is 312 g/mol. The highest BCUT2D eigenvalue weighted by Gasteiger charge is 2.33. The summed E-state index contributed by atoms with van der Waals surface area (Å²) >= 11 is 0. The Bertz CT molecular complexity index is 703. The van der Waals surface area contributed by atoms with Crippen LogP contribution in [-0.2, 0) is 6.54 Å². The number of nitrogens with zero attached hydrogens (tertiary/aromatic N) is 5. The molecule has 0 spiro atoms. The van der Waals surface area contributed by atoms with E-state index in [-0.39, 0.29) is 16.5 Å². The standard InChI is InChI=1S/C15H22N6O3/c1-3-20-15(12(21(23)24)10(2)18-20)19-8-4-11(5-9-19)13(22)14-16-6-7-17-14/h6-7,11,13,22H,3-5,8-9H2,1-2H3,(H,16,17)/t13-/m0/s1. The van der Waals surface area contributed by atoms with Gasteiger partial charge in [-0.2, -0.15) is 5.10 Å². The highest BCUT2D eigenvalue weighted by atomic mass is 16.6. The van der Waals surface area contributed by atoms with Crippen molar-refractivity contribution in [3.05, 3.63) is 34.0 Å². The Hall–Kier alpha value is -2.42. The van der Waals surface area contributed by atoms with Gasteiger partial charge in [0.05, 0.1) is 4.92 Å². The first-order valence-electron chi connectivity index (χ1n) is 8.17. The summed E-state index contributed by atoms with van der Waals surface area (Å²) in [5.74, 6) is 1.24. The molecule has 9 nitrogen and oxygen atoms in total. The monoisotopic (exact) mass is 334 g/mol. The Kier molecular flexibility index (Phi) is 4.52. The number of imidazole rings is 1. The molecule has 3 heterocycles. The largest absolute Gasteiger partial charge is 0.385 e. The smallest absolute Gasteiger partial charge is 0.333 e. The van der Waals surface area contributed by atoms with Crippen molar-refractivity contribution in [2.24, 2.45) is 5.92 Å². The Labute approximate surface area is 139 Å². The maximum Gasteiger partial charge on any atom is 0.333 e. The normalized spacial score (nSPS) is 17.2. The molecule has 0 aliphatic carbocycles. The molecule has 3 rings (SSSR count). The second kappa shape index (κ2) is 6.60. The van der Waals surface area contributed by atoms with Crippen LogP contribution in [0.4, 0.5) is 11.5 Å². The Morgan fingerprint density at radius 3 is 2.75 bits per heavy atom. The number of aliphatic hydroxyl groups excluding tert-OH is 1. The maximum atomic E-state index is 11.4. The lowest BCUT2D eigenvalue weighted by atomic mass is 9.91. The molecule has 1 atom stereocenters. The van der Waals surface area contributed by atoms with Gasteiger partial charge in [-0.05, 0) is 32.6 Å². The van der Waals surface area contributed by atoms with Crippen LogP contribution in [0.3, 0.4) is 0 Å². The molecule has 1 aliphatic rings. The van der Waals surface area contributed by atoms with Gasteiger partial charge >= 0.3 is 5.69 Å². The predicted molar refractivity (Wildman–Crippen MR) is 87.8 cm³/mol. The molecule has 0 aromatic carbocycles. The summed E-state index contributed by atoms with van der Waals surface area (Å²) in [6, 6.07) is 0. The van der Waals surface area contributed by atoms with Gasteiger partial charge in [0.2, 0.25) is 5.82 Å². The molecule has 130 valence electrons. The Morgan fingerprint density at radius 1 is 1.50 bits per heavy atom. The van der Waals surface area contributed by atoms with E-state index < -0.39 is 6.10 Å². The summed E-state index contributed by atoms with van der Waals surface area (Å²) in [5.41, 5.74) is 0.525. The molecule has 9 heteroatoms. The van der Waals surface area contributed by atoms with E-state index in [4.69, 9.17) is 0 Å². The number of nitro groups is 1. The van der Waals surface area contributed by atoms with Gasteiger partial charge in [0.25, 0.3) is 0 Å². The molecule has 0 unspecified atom stereocenters. The molecule has 0 radical (unpaired) electrons. The van der Waals surface area contributed by atoms with E-state index in [1.54, 1.807) is 24.0 Å². The number of nitrogens with one attached hydrogen (secondary N) is 1. The third kappa shape index (κ3) is 2.86. The van der Waals surface area contributed by atoms with Gasteiger partial charge in [-0.3, -0.25) is 10.1 Å². The van der Waals surface area contributed by atoms with E-state index in [0.29, 0.717) is 37.0 Å². The van der Waals surface area contributed by atoms with Gasteiger partial charge in [-0.15, -0.1) is 0 Å². The molecule has 2 aromatic rings. The first kappa shape index (κ1) is 16.4. The van der Waals surface area contributed by atoms with Crippen LogP contribution in [0.2, 0.25) is 0 Å². The highest BCUT2D eigenvalue weighted by molar-refractivity contribution is 5.61. The first-order valence-corrected chi connectivity index (χ1v) is 8.17. The van der Waals surface area contributed by atoms with E-state index in [0.717, 1.165) is 12.8 Å². The van der Waals surface area contributed by atoms with Crippen molar-refractivity contribution in [2.75, 3.05) is 18.0 Å². The van der Waals surface area contributed by atoms with Crippen LogP contribution in [0, 0.1) is 23.0 Å². The minimum absolute atomic E-state index is 0.0851. The fraction of sp³-hybridized carbons (Fsp3) is 0.600. The van der Waals surface area contributed by atoms with Crippen LogP contribution >= 0.6 is 0 Å². The fourth-order valence-corrected chi connectivity index (χ4v) is 3.40. The maximum absolute atomic E-state index is 11.4. The summed E-state index contributed by atoms with van der Waals surface area (Å²) in [7, 11) is 0. The van der Waals surface area contributed by atoms with Crippen molar-refractivity contribution in [3.8, 4) is 0 Å². The number of hydrogen-bond donors (Lipinski definition) is 2. The van der Waals surface area contributed by atoms with Gasteiger partial charge in [-0.1, -0.05) is 0 Å². The second-order valence-electron chi connectivity index (χ2n) is 6.07. The third-order valence-electron chi connectivity index (χ3n) is 4.64. The van der Waals surface area contributed by atoms with Crippen molar-refractivity contribution >= 4 is 11.5 Å². The summed E-state index contributed by atoms with van der Waals surface area (Å²) in [4.78, 5) is 20.1. The number of aliphatic hydroxyl groups is 1. The summed E-state index contributed by atoms with van der Waals surface area (Å²) in [5, 5.41) is 26.1. The SMILES string of the molecule is CCn1nc(C)c([N+](=O)[O-])c1N1CCC([C@H](O)c2ncc[nH]2)CC1. The molecular formula is C15H22N6O3. The zero-order chi connectivity index (χ0) is 17.3. The second-order valence-corrected chi connectivity index (χ2v) is 6.07. The van der Waals surface area contributed by atoms with Crippen molar-refractivity contribution in [1.82, 2.24) is 19.7 Å². The molecule has 1 saturated heterocycles. The van der Waals surface area contributed by atoms with E-state index >= 15 is 0 Å². The van der Waals surface area contributed by atoms with Crippen molar-refractivity contribution in [3.63, 3.8) is 0 Å². The molecule has 2 aromatic heterocycles. The van der Waals surface area contributed by atoms with Crippen LogP contribution in [0.15, 0.2) is 12.4 Å². The van der Waals surface area contributed by atoms with Gasteiger partial charge in [0.15, 0.2) is 0 Å². The zero-order valence-corrected chi connectivity index (χ0v) is 13.8. The van der Waals surface area contributed by atoms with Gasteiger partial charge in [0.1, 0.15) is 17.6 Å². The van der Waals surface area contributed by atoms with Crippen molar-refractivity contribution in [1.29, 1.82) is 0 Å². The molecule has 0 saturated carbocycles. The Morgan fingerprint density at radius 2 is 2.21 bits per heavy atom. The van der Waals surface area contributed by atoms with Crippen molar-refractivity contribution in [2.45, 2.75) is 39.3 Å². The summed E-state index contributed by atoms with van der Waals surface area (Å²) in [6.07, 6.45) is 4.18. The molecule has 0 bridgehead atoms. The lowest BCUT2D eigenvalue weighted by Gasteiger charge is -2.34. The van der Waals surface area contributed by atoms with Crippen LogP contribution in [0.25, 0.3) is 0 Å². The number of aromatic amines is 1. The number of hydrogen-bond acceptors (Lipinski definition) is 6. The molecule has 0 amide bonds. The lowest BCUT2D eigenvalue weighted by molar-refractivity contribution is -0.384. The third-order valence-corrected chi connectivity index (χ3v) is 4.64. The average molecular weight is 334 g/mol. The molecule has 1 aliphatic heterocycles. The van der Waals surface area contributed by atoms with E-state index in [2.05, 4.69) is 15.1 Å². The van der Waals surface area contributed by atoms with Crippen LogP contribution < -0.4 is 4.90 Å². The van der Waals surface area contributed by atoms with Gasteiger partial charge in [0, 0.05) is 32.0 Å². The zero-order valence-electron chi connectivity index (χ0n) is 13.8. The van der Waals surface area contributed by atoms with Crippen molar-refractivity contribution < 1.29 is 10.0 Å². The minimum Gasteiger partial charge on any atom is -0.385 e.